The molecule has 0 atom stereocenters. The Morgan fingerprint density at radius 2 is 2.00 bits per heavy atom. The van der Waals surface area contributed by atoms with Crippen LogP contribution in [0.5, 0.6) is 11.8 Å². The molecule has 2 aliphatic carbocycles. The van der Waals surface area contributed by atoms with Crippen molar-refractivity contribution in [2.75, 3.05) is 33.1 Å². The fourth-order valence-electron chi connectivity index (χ4n) is 3.46. The van der Waals surface area contributed by atoms with Gasteiger partial charge in [0.05, 0.1) is 7.11 Å². The summed E-state index contributed by atoms with van der Waals surface area (Å²) in [4.78, 5) is 25.6. The number of amides is 1. The lowest BCUT2D eigenvalue weighted by Gasteiger charge is -2.11. The summed E-state index contributed by atoms with van der Waals surface area (Å²) in [5.41, 5.74) is 1.52. The molecule has 2 aliphatic rings. The number of carbonyl (C=O) groups excluding carboxylic acids is 1. The predicted molar refractivity (Wildman–Crippen MR) is 126 cm³/mol. The van der Waals surface area contributed by atoms with Crippen molar-refractivity contribution < 1.29 is 18.2 Å². The smallest absolute Gasteiger partial charge is 0.228 e. The summed E-state index contributed by atoms with van der Waals surface area (Å²) in [6.07, 6.45) is 8.46. The van der Waals surface area contributed by atoms with E-state index in [1.54, 1.807) is 18.3 Å². The van der Waals surface area contributed by atoms with E-state index in [2.05, 4.69) is 39.3 Å². The molecule has 0 radical (unpaired) electrons. The van der Waals surface area contributed by atoms with Crippen molar-refractivity contribution >= 4 is 35.6 Å². The van der Waals surface area contributed by atoms with Gasteiger partial charge in [0, 0.05) is 23.7 Å². The number of pyridine rings is 1. The Kier molecular flexibility index (Phi) is 7.29. The molecule has 0 aromatic carbocycles. The SMILES string of the molecule is CN(C)CC1CC1.COc1ncnc(OC2CC2)c1-c1cn(SF)c2nc(NC=O)ccc12. The van der Waals surface area contributed by atoms with E-state index in [0.717, 1.165) is 18.8 Å². The summed E-state index contributed by atoms with van der Waals surface area (Å²) >= 11 is 0.00175. The highest BCUT2D eigenvalue weighted by molar-refractivity contribution is 7.92. The van der Waals surface area contributed by atoms with Crippen molar-refractivity contribution in [2.24, 2.45) is 5.92 Å². The van der Waals surface area contributed by atoms with Gasteiger partial charge in [-0.1, -0.05) is 0 Å². The predicted octanol–water partition coefficient (Wildman–Crippen LogP) is 3.95. The van der Waals surface area contributed by atoms with Crippen LogP contribution >= 0.6 is 12.3 Å². The van der Waals surface area contributed by atoms with E-state index in [1.165, 1.54) is 36.8 Å². The van der Waals surface area contributed by atoms with E-state index in [0.29, 0.717) is 46.1 Å². The first kappa shape index (κ1) is 23.2. The van der Waals surface area contributed by atoms with Crippen LogP contribution < -0.4 is 14.8 Å². The Morgan fingerprint density at radius 3 is 2.58 bits per heavy atom. The number of rotatable bonds is 9. The molecular formula is C22H27FN6O3S. The molecule has 33 heavy (non-hydrogen) atoms. The second kappa shape index (κ2) is 10.3. The van der Waals surface area contributed by atoms with E-state index in [-0.39, 0.29) is 18.4 Å². The minimum Gasteiger partial charge on any atom is -0.480 e. The van der Waals surface area contributed by atoms with E-state index in [9.17, 15) is 8.68 Å². The molecule has 3 aromatic rings. The number of anilines is 1. The van der Waals surface area contributed by atoms with Crippen LogP contribution in [0.3, 0.4) is 0 Å². The van der Waals surface area contributed by atoms with E-state index in [4.69, 9.17) is 9.47 Å². The average Bonchev–Trinajstić information content (AvgIpc) is 3.74. The Labute approximate surface area is 196 Å². The summed E-state index contributed by atoms with van der Waals surface area (Å²) < 4.78 is 26.0. The highest BCUT2D eigenvalue weighted by atomic mass is 32.2. The molecule has 9 nitrogen and oxygen atoms in total. The Bertz CT molecular complexity index is 1120. The van der Waals surface area contributed by atoms with E-state index in [1.807, 2.05) is 0 Å². The number of nitrogens with one attached hydrogen (secondary N) is 1. The fraction of sp³-hybridized carbons (Fsp3) is 0.455. The van der Waals surface area contributed by atoms with Crippen LogP contribution in [0.4, 0.5) is 9.70 Å². The van der Waals surface area contributed by atoms with Gasteiger partial charge in [0.2, 0.25) is 18.2 Å². The van der Waals surface area contributed by atoms with Gasteiger partial charge in [-0.3, -0.25) is 4.79 Å². The lowest BCUT2D eigenvalue weighted by atomic mass is 10.1. The van der Waals surface area contributed by atoms with Gasteiger partial charge in [0.1, 0.15) is 23.8 Å². The zero-order valence-corrected chi connectivity index (χ0v) is 19.6. The number of halogens is 1. The van der Waals surface area contributed by atoms with Gasteiger partial charge in [-0.2, -0.15) is 0 Å². The number of fused-ring (bicyclic) bond motifs is 1. The second-order valence-electron chi connectivity index (χ2n) is 8.35. The standard InChI is InChI=1S/C16H14FN5O3S.C6H13N/c1-24-15-13(16(19-7-18-15)25-9-2-3-9)11-6-22(26-17)14-10(11)4-5-12(21-14)20-8-23;1-7(2)5-6-3-4-6/h4-9H,2-3H2,1H3,(H,20,21,23);6H,3-5H2,1-2H3. The maximum absolute atomic E-state index is 13.5. The molecule has 11 heteroatoms. The lowest BCUT2D eigenvalue weighted by molar-refractivity contribution is -0.105. The van der Waals surface area contributed by atoms with Gasteiger partial charge in [-0.15, -0.1) is 3.89 Å². The van der Waals surface area contributed by atoms with Crippen LogP contribution in [0.25, 0.3) is 22.2 Å². The van der Waals surface area contributed by atoms with E-state index < -0.39 is 0 Å². The van der Waals surface area contributed by atoms with Crippen molar-refractivity contribution in [3.8, 4) is 22.9 Å². The molecule has 0 unspecified atom stereocenters. The highest BCUT2D eigenvalue weighted by Gasteiger charge is 2.28. The first-order valence-corrected chi connectivity index (χ1v) is 11.4. The molecule has 1 amide bonds. The van der Waals surface area contributed by atoms with Crippen LogP contribution in [-0.2, 0) is 4.79 Å². The summed E-state index contributed by atoms with van der Waals surface area (Å²) in [5, 5.41) is 3.11. The monoisotopic (exact) mass is 474 g/mol. The number of carbonyl (C=O) groups is 1. The first-order valence-electron chi connectivity index (χ1n) is 10.8. The lowest BCUT2D eigenvalue weighted by Crippen LogP contribution is -2.14. The molecule has 176 valence electrons. The van der Waals surface area contributed by atoms with Crippen LogP contribution in [0.1, 0.15) is 25.7 Å². The van der Waals surface area contributed by atoms with Gasteiger partial charge >= 0.3 is 0 Å². The molecule has 2 fully saturated rings. The number of aromatic nitrogens is 4. The van der Waals surface area contributed by atoms with Crippen molar-refractivity contribution in [3.63, 3.8) is 0 Å². The number of hydrogen-bond acceptors (Lipinski definition) is 8. The molecule has 1 N–H and O–H groups in total. The largest absolute Gasteiger partial charge is 0.480 e. The third kappa shape index (κ3) is 5.72. The van der Waals surface area contributed by atoms with Crippen molar-refractivity contribution in [3.05, 3.63) is 24.7 Å². The quantitative estimate of drug-likeness (QED) is 0.466. The van der Waals surface area contributed by atoms with Gasteiger partial charge < -0.3 is 19.7 Å². The fourth-order valence-corrected chi connectivity index (χ4v) is 3.81. The maximum atomic E-state index is 13.5. The minimum atomic E-state index is 0.00175. The molecule has 0 spiro atoms. The third-order valence-corrected chi connectivity index (χ3v) is 5.69. The molecule has 0 saturated heterocycles. The zero-order valence-electron chi connectivity index (χ0n) is 18.8. The van der Waals surface area contributed by atoms with Crippen LogP contribution in [0.2, 0.25) is 0 Å². The van der Waals surface area contributed by atoms with Crippen LogP contribution in [-0.4, -0.2) is 64.1 Å². The number of nitrogens with zero attached hydrogens (tertiary/aromatic N) is 5. The first-order chi connectivity index (χ1) is 16.0. The van der Waals surface area contributed by atoms with Crippen LogP contribution in [0.15, 0.2) is 24.7 Å². The number of methoxy groups -OCH3 is 1. The zero-order chi connectivity index (χ0) is 23.4. The van der Waals surface area contributed by atoms with Crippen molar-refractivity contribution in [1.29, 1.82) is 0 Å². The Hall–Kier alpha value is -2.92. The summed E-state index contributed by atoms with van der Waals surface area (Å²) in [5.74, 6) is 2.08. The molecule has 3 aromatic heterocycles. The average molecular weight is 475 g/mol. The van der Waals surface area contributed by atoms with Crippen LogP contribution in [0, 0.1) is 5.92 Å². The van der Waals surface area contributed by atoms with Gasteiger partial charge in [-0.05, 0) is 57.8 Å². The van der Waals surface area contributed by atoms with Gasteiger partial charge in [-0.25, -0.2) is 18.9 Å². The Morgan fingerprint density at radius 1 is 1.24 bits per heavy atom. The Balaban J connectivity index is 0.000000318. The summed E-state index contributed by atoms with van der Waals surface area (Å²) in [6, 6.07) is 3.37. The van der Waals surface area contributed by atoms with Crippen molar-refractivity contribution in [2.45, 2.75) is 31.8 Å². The van der Waals surface area contributed by atoms with E-state index >= 15 is 0 Å². The number of hydrogen-bond donors (Lipinski definition) is 1. The normalized spacial score (nSPS) is 15.2. The number of ether oxygens (including phenoxy) is 2. The molecule has 0 aliphatic heterocycles. The maximum Gasteiger partial charge on any atom is 0.228 e. The molecule has 2 saturated carbocycles. The molecule has 3 heterocycles. The second-order valence-corrected chi connectivity index (χ2v) is 8.88. The van der Waals surface area contributed by atoms with Gasteiger partial charge in [0.25, 0.3) is 0 Å². The highest BCUT2D eigenvalue weighted by Crippen LogP contribution is 2.42. The minimum absolute atomic E-state index is 0.00175. The molecule has 0 bridgehead atoms. The topological polar surface area (TPSA) is 94.4 Å². The summed E-state index contributed by atoms with van der Waals surface area (Å²) in [7, 11) is 5.77. The third-order valence-electron chi connectivity index (χ3n) is 5.26. The molecular weight excluding hydrogens is 447 g/mol. The van der Waals surface area contributed by atoms with Gasteiger partial charge in [0.15, 0.2) is 18.0 Å². The molecule has 5 rings (SSSR count). The van der Waals surface area contributed by atoms with Crippen molar-refractivity contribution in [1.82, 2.24) is 23.8 Å². The summed E-state index contributed by atoms with van der Waals surface area (Å²) in [6.45, 7) is 1.31.